The molecular weight excluding hydrogens is 356 g/mol. The number of likely N-dealkylation sites (tertiary alicyclic amines) is 1. The monoisotopic (exact) mass is 382 g/mol. The number of piperidine rings is 1. The van der Waals surface area contributed by atoms with Gasteiger partial charge in [0, 0.05) is 32.6 Å². The molecule has 3 rings (SSSR count). The number of carbonyl (C=O) groups is 1. The molecule has 8 heteroatoms. The van der Waals surface area contributed by atoms with Crippen LogP contribution in [-0.2, 0) is 21.4 Å². The van der Waals surface area contributed by atoms with Crippen LogP contribution in [0.25, 0.3) is 0 Å². The number of sulfonamides is 1. The number of hydrogen-bond donors (Lipinski definition) is 0. The molecule has 1 fully saturated rings. The van der Waals surface area contributed by atoms with Crippen molar-refractivity contribution in [2.24, 2.45) is 5.92 Å². The normalized spacial score (nSPS) is 17.7. The Kier molecular flexibility index (Phi) is 5.72. The number of amides is 1. The molecule has 0 N–H and O–H groups in total. The van der Waals surface area contributed by atoms with Gasteiger partial charge in [-0.25, -0.2) is 8.42 Å². The molecule has 0 spiro atoms. The molecule has 0 radical (unpaired) electrons. The highest BCUT2D eigenvalue weighted by molar-refractivity contribution is 7.88. The fourth-order valence-electron chi connectivity index (χ4n) is 3.24. The van der Waals surface area contributed by atoms with Crippen molar-refractivity contribution in [2.45, 2.75) is 32.7 Å². The molecule has 1 aromatic carbocycles. The fourth-order valence-corrected chi connectivity index (χ4v) is 4.05. The van der Waals surface area contributed by atoms with E-state index in [1.165, 1.54) is 10.6 Å². The summed E-state index contributed by atoms with van der Waals surface area (Å²) in [6.45, 7) is 4.29. The zero-order valence-electron chi connectivity index (χ0n) is 15.3. The van der Waals surface area contributed by atoms with Crippen LogP contribution < -0.4 is 9.47 Å². The predicted molar refractivity (Wildman–Crippen MR) is 97.4 cm³/mol. The molecule has 0 atom stereocenters. The van der Waals surface area contributed by atoms with Crippen molar-refractivity contribution in [1.82, 2.24) is 9.21 Å². The van der Waals surface area contributed by atoms with E-state index in [0.29, 0.717) is 17.4 Å². The smallest absolute Gasteiger partial charge is 0.231 e. The number of fused-ring (bicyclic) bond motifs is 1. The first kappa shape index (κ1) is 19.0. The van der Waals surface area contributed by atoms with Gasteiger partial charge < -0.3 is 14.4 Å². The molecule has 0 aromatic heterocycles. The standard InChI is InChI=1S/C18H26N2O5S/c1-14-5-8-19(9-6-14)18(21)7-10-20(26(2,22)23)12-15-3-4-16-17(11-15)25-13-24-16/h3-4,11,14H,5-10,12-13H2,1-2H3. The lowest BCUT2D eigenvalue weighted by molar-refractivity contribution is -0.132. The third kappa shape index (κ3) is 4.67. The Bertz CT molecular complexity index is 757. The van der Waals surface area contributed by atoms with Gasteiger partial charge in [-0.3, -0.25) is 4.79 Å². The minimum Gasteiger partial charge on any atom is -0.454 e. The Morgan fingerprint density at radius 2 is 1.92 bits per heavy atom. The summed E-state index contributed by atoms with van der Waals surface area (Å²) in [7, 11) is -3.42. The van der Waals surface area contributed by atoms with E-state index in [-0.39, 0.29) is 32.2 Å². The van der Waals surface area contributed by atoms with E-state index in [2.05, 4.69) is 6.92 Å². The quantitative estimate of drug-likeness (QED) is 0.750. The maximum Gasteiger partial charge on any atom is 0.231 e. The topological polar surface area (TPSA) is 76.2 Å². The third-order valence-corrected chi connectivity index (χ3v) is 6.23. The summed E-state index contributed by atoms with van der Waals surface area (Å²) in [4.78, 5) is 14.3. The first-order valence-corrected chi connectivity index (χ1v) is 10.8. The van der Waals surface area contributed by atoms with Gasteiger partial charge >= 0.3 is 0 Å². The van der Waals surface area contributed by atoms with Gasteiger partial charge in [0.2, 0.25) is 22.7 Å². The zero-order valence-corrected chi connectivity index (χ0v) is 16.1. The van der Waals surface area contributed by atoms with Crippen LogP contribution in [0.3, 0.4) is 0 Å². The van der Waals surface area contributed by atoms with E-state index < -0.39 is 10.0 Å². The number of nitrogens with zero attached hydrogens (tertiary/aromatic N) is 2. The van der Waals surface area contributed by atoms with Crippen molar-refractivity contribution in [2.75, 3.05) is 32.7 Å². The summed E-state index contributed by atoms with van der Waals surface area (Å²) in [5, 5.41) is 0. The molecule has 1 amide bonds. The molecule has 1 aromatic rings. The van der Waals surface area contributed by atoms with Crippen molar-refractivity contribution in [3.63, 3.8) is 0 Å². The maximum absolute atomic E-state index is 12.4. The van der Waals surface area contributed by atoms with Gasteiger partial charge in [0.1, 0.15) is 0 Å². The third-order valence-electron chi connectivity index (χ3n) is 4.98. The van der Waals surface area contributed by atoms with Gasteiger partial charge in [-0.05, 0) is 36.5 Å². The minimum absolute atomic E-state index is 0.0243. The lowest BCUT2D eigenvalue weighted by Gasteiger charge is -2.31. The SMILES string of the molecule is CC1CCN(C(=O)CCN(Cc2ccc3c(c2)OCO3)S(C)(=O)=O)CC1. The number of ether oxygens (including phenoxy) is 2. The molecule has 7 nitrogen and oxygen atoms in total. The van der Waals surface area contributed by atoms with E-state index in [9.17, 15) is 13.2 Å². The Labute approximate surface area is 154 Å². The lowest BCUT2D eigenvalue weighted by atomic mass is 9.99. The molecule has 2 aliphatic rings. The number of hydrogen-bond acceptors (Lipinski definition) is 5. The predicted octanol–water partition coefficient (Wildman–Crippen LogP) is 1.83. The second-order valence-electron chi connectivity index (χ2n) is 7.10. The molecule has 26 heavy (non-hydrogen) atoms. The molecule has 2 heterocycles. The van der Waals surface area contributed by atoms with Gasteiger partial charge in [0.15, 0.2) is 11.5 Å². The molecule has 144 valence electrons. The molecule has 0 saturated carbocycles. The van der Waals surface area contributed by atoms with Crippen molar-refractivity contribution in [3.05, 3.63) is 23.8 Å². The van der Waals surface area contributed by atoms with Gasteiger partial charge in [0.25, 0.3) is 0 Å². The molecule has 1 saturated heterocycles. The zero-order chi connectivity index (χ0) is 18.7. The van der Waals surface area contributed by atoms with Crippen molar-refractivity contribution < 1.29 is 22.7 Å². The van der Waals surface area contributed by atoms with Crippen LogP contribution in [-0.4, -0.2) is 56.2 Å². The molecular formula is C18H26N2O5S. The number of rotatable bonds is 6. The van der Waals surface area contributed by atoms with Crippen LogP contribution in [0.1, 0.15) is 31.7 Å². The average molecular weight is 382 g/mol. The van der Waals surface area contributed by atoms with Gasteiger partial charge in [0.05, 0.1) is 6.26 Å². The van der Waals surface area contributed by atoms with Crippen molar-refractivity contribution in [3.8, 4) is 11.5 Å². The van der Waals surface area contributed by atoms with E-state index in [1.807, 2.05) is 11.0 Å². The van der Waals surface area contributed by atoms with Crippen LogP contribution in [0.5, 0.6) is 11.5 Å². The van der Waals surface area contributed by atoms with E-state index in [4.69, 9.17) is 9.47 Å². The molecule has 0 bridgehead atoms. The summed E-state index contributed by atoms with van der Waals surface area (Å²) < 4.78 is 36.3. The summed E-state index contributed by atoms with van der Waals surface area (Å²) in [6.07, 6.45) is 3.40. The highest BCUT2D eigenvalue weighted by Crippen LogP contribution is 2.33. The Balaban J connectivity index is 1.61. The van der Waals surface area contributed by atoms with E-state index in [0.717, 1.165) is 31.5 Å². The fraction of sp³-hybridized carbons (Fsp3) is 0.611. The second-order valence-corrected chi connectivity index (χ2v) is 9.08. The molecule has 0 unspecified atom stereocenters. The number of carbonyl (C=O) groups excluding carboxylic acids is 1. The number of benzene rings is 1. The van der Waals surface area contributed by atoms with E-state index in [1.54, 1.807) is 12.1 Å². The average Bonchev–Trinajstić information content (AvgIpc) is 3.05. The van der Waals surface area contributed by atoms with Crippen LogP contribution in [0.15, 0.2) is 18.2 Å². The van der Waals surface area contributed by atoms with Crippen LogP contribution in [0, 0.1) is 5.92 Å². The minimum atomic E-state index is -3.42. The van der Waals surface area contributed by atoms with Gasteiger partial charge in [-0.1, -0.05) is 13.0 Å². The maximum atomic E-state index is 12.4. The molecule has 2 aliphatic heterocycles. The second kappa shape index (κ2) is 7.84. The van der Waals surface area contributed by atoms with Gasteiger partial charge in [-0.15, -0.1) is 0 Å². The highest BCUT2D eigenvalue weighted by Gasteiger charge is 2.24. The summed E-state index contributed by atoms with van der Waals surface area (Å²) in [5.41, 5.74) is 0.805. The summed E-state index contributed by atoms with van der Waals surface area (Å²) in [5.74, 6) is 1.96. The van der Waals surface area contributed by atoms with Crippen molar-refractivity contribution >= 4 is 15.9 Å². The Morgan fingerprint density at radius 1 is 1.23 bits per heavy atom. The van der Waals surface area contributed by atoms with E-state index >= 15 is 0 Å². The van der Waals surface area contributed by atoms with Crippen LogP contribution >= 0.6 is 0 Å². The largest absolute Gasteiger partial charge is 0.454 e. The Morgan fingerprint density at radius 3 is 2.62 bits per heavy atom. The summed E-state index contributed by atoms with van der Waals surface area (Å²) in [6, 6.07) is 5.38. The first-order chi connectivity index (χ1) is 12.3. The Hall–Kier alpha value is -1.80. The van der Waals surface area contributed by atoms with Crippen molar-refractivity contribution in [1.29, 1.82) is 0 Å². The first-order valence-electron chi connectivity index (χ1n) is 8.94. The van der Waals surface area contributed by atoms with Crippen LogP contribution in [0.4, 0.5) is 0 Å². The molecule has 0 aliphatic carbocycles. The lowest BCUT2D eigenvalue weighted by Crippen LogP contribution is -2.40. The van der Waals surface area contributed by atoms with Crippen LogP contribution in [0.2, 0.25) is 0 Å². The van der Waals surface area contributed by atoms with Gasteiger partial charge in [-0.2, -0.15) is 4.31 Å². The summed E-state index contributed by atoms with van der Waals surface area (Å²) >= 11 is 0. The highest BCUT2D eigenvalue weighted by atomic mass is 32.2.